The van der Waals surface area contributed by atoms with E-state index >= 15 is 0 Å². The van der Waals surface area contributed by atoms with E-state index in [0.717, 1.165) is 11.1 Å². The van der Waals surface area contributed by atoms with Gasteiger partial charge < -0.3 is 9.84 Å². The second-order valence-corrected chi connectivity index (χ2v) is 12.2. The van der Waals surface area contributed by atoms with Crippen molar-refractivity contribution in [2.24, 2.45) is 5.14 Å². The van der Waals surface area contributed by atoms with Crippen molar-refractivity contribution < 1.29 is 23.1 Å². The number of rotatable bonds is 11. The second-order valence-electron chi connectivity index (χ2n) is 10.7. The van der Waals surface area contributed by atoms with Crippen LogP contribution < -0.4 is 5.14 Å². The molecule has 1 aliphatic heterocycles. The number of aryl methyl sites for hydroxylation is 2. The topological polar surface area (TPSA) is 125 Å². The van der Waals surface area contributed by atoms with Crippen LogP contribution in [-0.2, 0) is 38.8 Å². The van der Waals surface area contributed by atoms with Gasteiger partial charge in [0.15, 0.2) is 0 Å². The number of aliphatic hydroxyl groups is 1. The predicted molar refractivity (Wildman–Crippen MR) is 161 cm³/mol. The fourth-order valence-electron chi connectivity index (χ4n) is 5.73. The minimum Gasteiger partial charge on any atom is -0.511 e. The van der Waals surface area contributed by atoms with Gasteiger partial charge in [0.05, 0.1) is 5.69 Å². The number of carbonyl (C=O) groups excluding carboxylic acids is 1. The zero-order valence-corrected chi connectivity index (χ0v) is 24.4. The summed E-state index contributed by atoms with van der Waals surface area (Å²) >= 11 is 0. The van der Waals surface area contributed by atoms with E-state index in [2.05, 4.69) is 4.98 Å². The fraction of sp³-hybridized carbons (Fsp3) is 0.273. The van der Waals surface area contributed by atoms with Gasteiger partial charge in [0.1, 0.15) is 16.9 Å². The zero-order valence-electron chi connectivity index (χ0n) is 23.6. The Morgan fingerprint density at radius 1 is 0.929 bits per heavy atom. The molecule has 9 heteroatoms. The molecule has 0 unspecified atom stereocenters. The molecule has 5 rings (SSSR count). The van der Waals surface area contributed by atoms with Crippen LogP contribution in [0.25, 0.3) is 11.3 Å². The lowest BCUT2D eigenvalue weighted by Gasteiger charge is -2.38. The van der Waals surface area contributed by atoms with E-state index in [0.29, 0.717) is 55.3 Å². The Kier molecular flexibility index (Phi) is 8.61. The molecule has 8 nitrogen and oxygen atoms in total. The largest absolute Gasteiger partial charge is 0.511 e. The van der Waals surface area contributed by atoms with E-state index < -0.39 is 21.6 Å². The lowest BCUT2D eigenvalue weighted by Crippen LogP contribution is -2.41. The highest BCUT2D eigenvalue weighted by Crippen LogP contribution is 2.41. The molecule has 0 saturated heterocycles. The van der Waals surface area contributed by atoms with Crippen molar-refractivity contribution in [1.29, 1.82) is 0 Å². The van der Waals surface area contributed by atoms with E-state index in [1.165, 1.54) is 17.0 Å². The molecular weight excluding hydrogens is 550 g/mol. The van der Waals surface area contributed by atoms with Gasteiger partial charge in [-0.2, -0.15) is 0 Å². The quantitative estimate of drug-likeness (QED) is 0.218. The van der Waals surface area contributed by atoms with Crippen molar-refractivity contribution in [3.63, 3.8) is 0 Å². The zero-order chi connectivity index (χ0) is 29.7. The van der Waals surface area contributed by atoms with Gasteiger partial charge >= 0.3 is 5.97 Å². The molecule has 0 aliphatic carbocycles. The van der Waals surface area contributed by atoms with Crippen molar-refractivity contribution in [2.45, 2.75) is 62.6 Å². The molecule has 0 amide bonds. The Morgan fingerprint density at radius 3 is 2.10 bits per heavy atom. The number of hydrogen-bond acceptors (Lipinski definition) is 6. The van der Waals surface area contributed by atoms with Crippen LogP contribution in [0.4, 0.5) is 0 Å². The third-order valence-electron chi connectivity index (χ3n) is 7.76. The first-order chi connectivity index (χ1) is 20.2. The molecule has 42 heavy (non-hydrogen) atoms. The average molecular weight is 586 g/mol. The molecule has 3 N–H and O–H groups in total. The number of nitrogens with zero attached hydrogens (tertiary/aromatic N) is 2. The monoisotopic (exact) mass is 585 g/mol. The number of primary sulfonamides is 1. The molecule has 0 fully saturated rings. The molecule has 0 saturated carbocycles. The Balaban J connectivity index is 1.54. The Bertz CT molecular complexity index is 1650. The number of hydrogen-bond donors (Lipinski definition) is 2. The number of imidazole rings is 1. The maximum atomic E-state index is 13.8. The van der Waals surface area contributed by atoms with Gasteiger partial charge in [0, 0.05) is 18.8 Å². The summed E-state index contributed by atoms with van der Waals surface area (Å²) in [6, 6.07) is 25.3. The summed E-state index contributed by atoms with van der Waals surface area (Å²) in [6.07, 6.45) is 6.79. The molecule has 2 heterocycles. The number of aliphatic hydroxyl groups excluding tert-OH is 1. The highest BCUT2D eigenvalue weighted by molar-refractivity contribution is 7.89. The maximum Gasteiger partial charge on any atom is 0.342 e. The molecule has 0 bridgehead atoms. The van der Waals surface area contributed by atoms with Crippen molar-refractivity contribution in [3.05, 3.63) is 119 Å². The first-order valence-electron chi connectivity index (χ1n) is 14.1. The van der Waals surface area contributed by atoms with Crippen LogP contribution in [0.15, 0.2) is 102 Å². The molecular formula is C33H35N3O5S. The van der Waals surface area contributed by atoms with Crippen LogP contribution in [-0.4, -0.2) is 34.6 Å². The van der Waals surface area contributed by atoms with Gasteiger partial charge in [0.2, 0.25) is 5.16 Å². The van der Waals surface area contributed by atoms with Gasteiger partial charge in [-0.25, -0.2) is 23.3 Å². The Labute approximate surface area is 246 Å². The number of ether oxygens (including phenoxy) is 1. The van der Waals surface area contributed by atoms with Gasteiger partial charge in [-0.3, -0.25) is 4.57 Å². The lowest BCUT2D eigenvalue weighted by molar-refractivity contribution is -0.157. The Hall–Kier alpha value is -4.21. The number of esters is 1. The summed E-state index contributed by atoms with van der Waals surface area (Å²) in [6.45, 7) is 1.99. The van der Waals surface area contributed by atoms with Crippen molar-refractivity contribution >= 4 is 21.6 Å². The van der Waals surface area contributed by atoms with Crippen molar-refractivity contribution in [1.82, 2.24) is 9.55 Å². The van der Waals surface area contributed by atoms with E-state index in [9.17, 15) is 18.3 Å². The smallest absolute Gasteiger partial charge is 0.342 e. The maximum absolute atomic E-state index is 13.8. The van der Waals surface area contributed by atoms with Gasteiger partial charge in [0.25, 0.3) is 10.0 Å². The van der Waals surface area contributed by atoms with Crippen LogP contribution in [0.1, 0.15) is 54.9 Å². The first-order valence-corrected chi connectivity index (χ1v) is 15.7. The van der Waals surface area contributed by atoms with E-state index in [-0.39, 0.29) is 22.9 Å². The number of aromatic nitrogens is 2. The van der Waals surface area contributed by atoms with E-state index in [1.54, 1.807) is 18.2 Å². The predicted octanol–water partition coefficient (Wildman–Crippen LogP) is 5.69. The molecule has 4 aromatic rings. The van der Waals surface area contributed by atoms with E-state index in [4.69, 9.17) is 9.88 Å². The normalized spacial score (nSPS) is 15.0. The summed E-state index contributed by atoms with van der Waals surface area (Å²) in [5.74, 6) is -0.620. The number of benzene rings is 3. The lowest BCUT2D eigenvalue weighted by atomic mass is 9.81. The van der Waals surface area contributed by atoms with Crippen LogP contribution in [0, 0.1) is 0 Å². The molecule has 0 atom stereocenters. The number of carbonyl (C=O) groups is 1. The van der Waals surface area contributed by atoms with Gasteiger partial charge in [-0.05, 0) is 60.4 Å². The van der Waals surface area contributed by atoms with Crippen LogP contribution in [0.3, 0.4) is 0 Å². The molecule has 0 radical (unpaired) electrons. The summed E-state index contributed by atoms with van der Waals surface area (Å²) in [4.78, 5) is 17.8. The third kappa shape index (κ3) is 6.32. The van der Waals surface area contributed by atoms with Crippen LogP contribution in [0.5, 0.6) is 0 Å². The highest BCUT2D eigenvalue weighted by Gasteiger charge is 2.42. The highest BCUT2D eigenvalue weighted by atomic mass is 32.2. The average Bonchev–Trinajstić information content (AvgIpc) is 3.48. The summed E-state index contributed by atoms with van der Waals surface area (Å²) in [5, 5.41) is 16.7. The van der Waals surface area contributed by atoms with Crippen LogP contribution in [0.2, 0.25) is 0 Å². The van der Waals surface area contributed by atoms with Crippen molar-refractivity contribution in [3.8, 4) is 5.69 Å². The SMILES string of the molecule is CCCc1c(C2=C(O)CC(CCc3ccccc3)(CCc3ccccc3)OC2=O)cccc1-n1ccnc1S(N)(=O)=O. The van der Waals surface area contributed by atoms with Crippen LogP contribution >= 0.6 is 0 Å². The first kappa shape index (κ1) is 29.3. The van der Waals surface area contributed by atoms with Gasteiger partial charge in [-0.15, -0.1) is 0 Å². The van der Waals surface area contributed by atoms with Crippen molar-refractivity contribution in [2.75, 3.05) is 0 Å². The van der Waals surface area contributed by atoms with Gasteiger partial charge in [-0.1, -0.05) is 86.1 Å². The number of cyclic esters (lactones) is 1. The third-order valence-corrected chi connectivity index (χ3v) is 8.57. The molecule has 1 aromatic heterocycles. The van der Waals surface area contributed by atoms with E-state index in [1.807, 2.05) is 67.6 Å². The molecule has 3 aromatic carbocycles. The number of nitrogens with two attached hydrogens (primary N) is 1. The fourth-order valence-corrected chi connectivity index (χ4v) is 6.37. The Morgan fingerprint density at radius 2 is 1.55 bits per heavy atom. The second kappa shape index (κ2) is 12.3. The minimum atomic E-state index is -4.10. The molecule has 0 spiro atoms. The summed E-state index contributed by atoms with van der Waals surface area (Å²) in [7, 11) is -4.10. The summed E-state index contributed by atoms with van der Waals surface area (Å²) < 4.78 is 32.1. The molecule has 218 valence electrons. The molecule has 1 aliphatic rings. The summed E-state index contributed by atoms with van der Waals surface area (Å²) in [5.41, 5.74) is 3.20. The standard InChI is InChI=1S/C33H35N3O5S/c1-2-10-26-27(15-9-16-28(26)36-22-21-35-32(36)42(34,39)40)30-29(37)23-33(41-31(30)38,19-17-24-11-5-3-6-12-24)20-18-25-13-7-4-8-14-25/h3-9,11-16,21-22,37H,2,10,17-20,23H2,1H3,(H2,34,39,40). The number of sulfonamides is 1. The minimum absolute atomic E-state index is 0.0285.